The Bertz CT molecular complexity index is 312. The van der Waals surface area contributed by atoms with E-state index in [0.717, 1.165) is 0 Å². The maximum Gasteiger partial charge on any atom is 0.262 e. The van der Waals surface area contributed by atoms with Crippen LogP contribution < -0.4 is 4.74 Å². The highest BCUT2D eigenvalue weighted by atomic mass is 35.5. The molecule has 0 aromatic heterocycles. The number of hydrogen-bond donors (Lipinski definition) is 0. The summed E-state index contributed by atoms with van der Waals surface area (Å²) in [5.41, 5.74) is 0. The molecule has 0 aliphatic rings. The van der Waals surface area contributed by atoms with Crippen molar-refractivity contribution >= 4 is 28.4 Å². The first kappa shape index (κ1) is 10.4. The molecule has 0 spiro atoms. The van der Waals surface area contributed by atoms with Crippen LogP contribution in [0.15, 0.2) is 24.3 Å². The van der Waals surface area contributed by atoms with Crippen molar-refractivity contribution in [1.82, 2.24) is 0 Å². The van der Waals surface area contributed by atoms with Crippen molar-refractivity contribution in [2.24, 2.45) is 0 Å². The van der Waals surface area contributed by atoms with Crippen LogP contribution >= 0.6 is 23.2 Å². The van der Waals surface area contributed by atoms with Gasteiger partial charge in [-0.15, -0.1) is 0 Å². The van der Waals surface area contributed by atoms with Crippen molar-refractivity contribution in [1.29, 1.82) is 0 Å². The largest absolute Gasteiger partial charge is 0.480 e. The Kier molecular flexibility index (Phi) is 3.58. The molecule has 0 fully saturated rings. The van der Waals surface area contributed by atoms with E-state index in [-0.39, 0.29) is 0 Å². The van der Waals surface area contributed by atoms with Crippen LogP contribution in [0.2, 0.25) is 5.02 Å². The van der Waals surface area contributed by atoms with Crippen molar-refractivity contribution < 1.29 is 9.53 Å². The van der Waals surface area contributed by atoms with E-state index in [9.17, 15) is 4.79 Å². The fourth-order valence-corrected chi connectivity index (χ4v) is 1.00. The predicted molar refractivity (Wildman–Crippen MR) is 52.4 cm³/mol. The van der Waals surface area contributed by atoms with Crippen molar-refractivity contribution in [3.63, 3.8) is 0 Å². The van der Waals surface area contributed by atoms with Gasteiger partial charge in [0, 0.05) is 0 Å². The summed E-state index contributed by atoms with van der Waals surface area (Å²) >= 11 is 11.0. The first-order valence-electron chi connectivity index (χ1n) is 3.72. The second kappa shape index (κ2) is 4.49. The van der Waals surface area contributed by atoms with Crippen LogP contribution in [0, 0.1) is 0 Å². The molecule has 1 aromatic carbocycles. The van der Waals surface area contributed by atoms with Crippen molar-refractivity contribution in [2.45, 2.75) is 13.0 Å². The molecule has 70 valence electrons. The van der Waals surface area contributed by atoms with E-state index in [2.05, 4.69) is 0 Å². The number of rotatable bonds is 3. The van der Waals surface area contributed by atoms with Crippen molar-refractivity contribution in [2.75, 3.05) is 0 Å². The Balaban J connectivity index is 2.74. The van der Waals surface area contributed by atoms with Gasteiger partial charge < -0.3 is 4.74 Å². The third-order valence-electron chi connectivity index (χ3n) is 1.46. The average molecular weight is 219 g/mol. The van der Waals surface area contributed by atoms with E-state index in [4.69, 9.17) is 27.9 Å². The van der Waals surface area contributed by atoms with Gasteiger partial charge in [-0.3, -0.25) is 4.79 Å². The smallest absolute Gasteiger partial charge is 0.262 e. The van der Waals surface area contributed by atoms with Gasteiger partial charge >= 0.3 is 0 Å². The van der Waals surface area contributed by atoms with Crippen LogP contribution in [0.25, 0.3) is 0 Å². The van der Waals surface area contributed by atoms with Crippen LogP contribution in [0.4, 0.5) is 0 Å². The highest BCUT2D eigenvalue weighted by molar-refractivity contribution is 6.64. The summed E-state index contributed by atoms with van der Waals surface area (Å²) < 4.78 is 5.19. The number of benzene rings is 1. The Morgan fingerprint density at radius 3 is 2.62 bits per heavy atom. The first-order valence-corrected chi connectivity index (χ1v) is 4.47. The average Bonchev–Trinajstić information content (AvgIpc) is 2.08. The van der Waals surface area contributed by atoms with E-state index < -0.39 is 11.3 Å². The molecule has 0 saturated carbocycles. The zero-order chi connectivity index (χ0) is 9.84. The summed E-state index contributed by atoms with van der Waals surface area (Å²) in [4.78, 5) is 10.7. The molecule has 0 radical (unpaired) electrons. The van der Waals surface area contributed by atoms with Gasteiger partial charge in [-0.05, 0) is 30.7 Å². The van der Waals surface area contributed by atoms with Gasteiger partial charge in [0.15, 0.2) is 6.10 Å². The predicted octanol–water partition coefficient (Wildman–Crippen LogP) is 2.87. The third kappa shape index (κ3) is 2.90. The molecular formula is C9H8Cl2O2. The molecule has 1 aromatic rings. The Morgan fingerprint density at radius 2 is 2.08 bits per heavy atom. The van der Waals surface area contributed by atoms with Gasteiger partial charge in [0.05, 0.1) is 5.02 Å². The first-order chi connectivity index (χ1) is 6.11. The van der Waals surface area contributed by atoms with E-state index >= 15 is 0 Å². The Labute approximate surface area is 86.4 Å². The minimum absolute atomic E-state index is 0.464. The summed E-state index contributed by atoms with van der Waals surface area (Å²) in [6.07, 6.45) is -0.679. The molecule has 0 heterocycles. The summed E-state index contributed by atoms with van der Waals surface area (Å²) in [5.74, 6) is 0.464. The molecule has 0 aliphatic heterocycles. The topological polar surface area (TPSA) is 26.3 Å². The van der Waals surface area contributed by atoms with Crippen molar-refractivity contribution in [3.8, 4) is 5.75 Å². The fraction of sp³-hybridized carbons (Fsp3) is 0.222. The van der Waals surface area contributed by atoms with E-state index in [1.54, 1.807) is 31.2 Å². The molecule has 1 unspecified atom stereocenters. The summed E-state index contributed by atoms with van der Waals surface area (Å²) in [5, 5.41) is -0.0767. The lowest BCUT2D eigenvalue weighted by Crippen LogP contribution is -2.18. The van der Waals surface area contributed by atoms with Gasteiger partial charge in [0.1, 0.15) is 5.75 Å². The molecule has 2 nitrogen and oxygen atoms in total. The van der Waals surface area contributed by atoms with Gasteiger partial charge in [0.25, 0.3) is 5.24 Å². The molecule has 0 aliphatic carbocycles. The van der Waals surface area contributed by atoms with E-state index in [1.165, 1.54) is 0 Å². The molecule has 0 bridgehead atoms. The highest BCUT2D eigenvalue weighted by Crippen LogP contribution is 2.24. The maximum atomic E-state index is 10.7. The molecule has 0 saturated heterocycles. The molecule has 0 N–H and O–H groups in total. The quantitative estimate of drug-likeness (QED) is 0.730. The number of para-hydroxylation sites is 1. The molecule has 4 heteroatoms. The lowest BCUT2D eigenvalue weighted by Gasteiger charge is -2.11. The summed E-state index contributed by atoms with van der Waals surface area (Å²) in [6, 6.07) is 6.91. The van der Waals surface area contributed by atoms with Crippen LogP contribution in [0.5, 0.6) is 5.75 Å². The number of ether oxygens (including phenoxy) is 1. The summed E-state index contributed by atoms with van der Waals surface area (Å²) in [6.45, 7) is 1.57. The zero-order valence-electron chi connectivity index (χ0n) is 6.96. The molecular weight excluding hydrogens is 211 g/mol. The number of carbonyl (C=O) groups excluding carboxylic acids is 1. The van der Waals surface area contributed by atoms with Gasteiger partial charge in [0.2, 0.25) is 0 Å². The van der Waals surface area contributed by atoms with Crippen LogP contribution in [0.1, 0.15) is 6.92 Å². The number of carbonyl (C=O) groups is 1. The lowest BCUT2D eigenvalue weighted by atomic mass is 10.3. The van der Waals surface area contributed by atoms with Gasteiger partial charge in [-0.2, -0.15) is 0 Å². The van der Waals surface area contributed by atoms with Crippen LogP contribution in [-0.2, 0) is 4.79 Å². The number of halogens is 2. The summed E-state index contributed by atoms with van der Waals surface area (Å²) in [7, 11) is 0. The van der Waals surface area contributed by atoms with Crippen molar-refractivity contribution in [3.05, 3.63) is 29.3 Å². The molecule has 1 atom stereocenters. The third-order valence-corrected chi connectivity index (χ3v) is 2.08. The normalized spacial score (nSPS) is 12.2. The monoisotopic (exact) mass is 218 g/mol. The molecule has 0 amide bonds. The minimum Gasteiger partial charge on any atom is -0.480 e. The standard InChI is InChI=1S/C9H8Cl2O2/c1-6(9(11)12)13-8-5-3-2-4-7(8)10/h2-6H,1H3. The zero-order valence-corrected chi connectivity index (χ0v) is 8.47. The van der Waals surface area contributed by atoms with E-state index in [1.807, 2.05) is 0 Å². The van der Waals surface area contributed by atoms with Crippen LogP contribution in [-0.4, -0.2) is 11.3 Å². The Morgan fingerprint density at radius 1 is 1.46 bits per heavy atom. The van der Waals surface area contributed by atoms with Crippen LogP contribution in [0.3, 0.4) is 0 Å². The van der Waals surface area contributed by atoms with E-state index in [0.29, 0.717) is 10.8 Å². The maximum absolute atomic E-state index is 10.7. The number of hydrogen-bond acceptors (Lipinski definition) is 2. The second-order valence-electron chi connectivity index (χ2n) is 2.49. The van der Waals surface area contributed by atoms with Gasteiger partial charge in [-0.25, -0.2) is 0 Å². The molecule has 1 rings (SSSR count). The highest BCUT2D eigenvalue weighted by Gasteiger charge is 2.12. The second-order valence-corrected chi connectivity index (χ2v) is 3.27. The SMILES string of the molecule is CC(Oc1ccccc1Cl)C(=O)Cl. The minimum atomic E-state index is -0.679. The Hall–Kier alpha value is -0.730. The van der Waals surface area contributed by atoms with Gasteiger partial charge in [-0.1, -0.05) is 23.7 Å². The fourth-order valence-electron chi connectivity index (χ4n) is 0.777. The lowest BCUT2D eigenvalue weighted by molar-refractivity contribution is -0.117. The molecule has 13 heavy (non-hydrogen) atoms.